The van der Waals surface area contributed by atoms with Crippen molar-refractivity contribution >= 4 is 64.4 Å². The van der Waals surface area contributed by atoms with Crippen LogP contribution in [0.2, 0.25) is 10.0 Å². The summed E-state index contributed by atoms with van der Waals surface area (Å²) in [5.41, 5.74) is 0.428. The van der Waals surface area contributed by atoms with Crippen LogP contribution < -0.4 is 15.5 Å². The van der Waals surface area contributed by atoms with E-state index in [2.05, 4.69) is 25.6 Å². The van der Waals surface area contributed by atoms with E-state index in [1.807, 2.05) is 17.2 Å². The largest absolute Gasteiger partial charge is 0.416 e. The van der Waals surface area contributed by atoms with Crippen LogP contribution in [-0.2, 0) is 10.9 Å². The van der Waals surface area contributed by atoms with E-state index in [-0.39, 0.29) is 18.3 Å². The Morgan fingerprint density at radius 1 is 1.20 bits per heavy atom. The lowest BCUT2D eigenvalue weighted by atomic mass is 10.1. The molecular weight excluding hydrogens is 588 g/mol. The minimum absolute atomic E-state index is 0.102. The Morgan fingerprint density at radius 2 is 1.93 bits per heavy atom. The quantitative estimate of drug-likeness (QED) is 0.119. The van der Waals surface area contributed by atoms with Crippen molar-refractivity contribution in [3.05, 3.63) is 63.6 Å². The average Bonchev–Trinajstić information content (AvgIpc) is 2.91. The number of hydrogen-bond acceptors (Lipinski definition) is 8. The van der Waals surface area contributed by atoms with Crippen molar-refractivity contribution in [1.29, 1.82) is 0 Å². The number of hydrogen-bond donors (Lipinski definition) is 3. The standard InChI is InChI=1S/C20H25F3N6O2S.C6H4Cl2/c1-12-8-13(4-5-15(12)20(21,22)23)26-17-16(25-11-24-2)18(32-3)28-19(27-17)29-6-7-31-14(9-29)10-30;7-5-2-1-3-6(8)4-5/h4-5,8,11,14,30H,6-7,9-10H2,1-3H3,(H,24,25)(H,26,27,28);1-4H. The van der Waals surface area contributed by atoms with Crippen LogP contribution in [0.15, 0.2) is 52.5 Å². The fraction of sp³-hybridized carbons (Fsp3) is 0.346. The topological polar surface area (TPSA) is 94.9 Å². The number of aliphatic hydroxyl groups is 1. The SMILES string of the molecule is CN=CNc1c(Nc2ccc(C(F)(F)F)c(C)c2)nc(N2CCOC(CO)C2)nc1SC.Clc1cccc(Cl)c1. The van der Waals surface area contributed by atoms with E-state index in [9.17, 15) is 18.3 Å². The number of morpholine rings is 1. The summed E-state index contributed by atoms with van der Waals surface area (Å²) in [6.45, 7) is 2.69. The molecule has 0 saturated carbocycles. The van der Waals surface area contributed by atoms with Gasteiger partial charge in [0.15, 0.2) is 5.82 Å². The van der Waals surface area contributed by atoms with E-state index in [0.29, 0.717) is 57.9 Å². The van der Waals surface area contributed by atoms with Gasteiger partial charge in [0.1, 0.15) is 10.7 Å². The summed E-state index contributed by atoms with van der Waals surface area (Å²) < 4.78 is 44.9. The molecule has 1 aromatic heterocycles. The van der Waals surface area contributed by atoms with Gasteiger partial charge in [0.05, 0.1) is 31.2 Å². The first kappa shape index (κ1) is 31.8. The molecule has 0 aliphatic carbocycles. The highest BCUT2D eigenvalue weighted by Gasteiger charge is 2.32. The summed E-state index contributed by atoms with van der Waals surface area (Å²) in [5, 5.41) is 17.6. The molecule has 1 aliphatic heterocycles. The predicted molar refractivity (Wildman–Crippen MR) is 157 cm³/mol. The van der Waals surface area contributed by atoms with Crippen LogP contribution in [-0.4, -0.2) is 67.1 Å². The summed E-state index contributed by atoms with van der Waals surface area (Å²) in [6.07, 6.45) is -1.41. The fourth-order valence-corrected chi connectivity index (χ4v) is 4.70. The number of aromatic nitrogens is 2. The third kappa shape index (κ3) is 8.87. The smallest absolute Gasteiger partial charge is 0.394 e. The van der Waals surface area contributed by atoms with Gasteiger partial charge >= 0.3 is 6.18 Å². The lowest BCUT2D eigenvalue weighted by Gasteiger charge is -2.32. The molecule has 3 N–H and O–H groups in total. The second kappa shape index (κ2) is 14.7. The molecule has 1 aliphatic rings. The molecule has 1 unspecified atom stereocenters. The lowest BCUT2D eigenvalue weighted by molar-refractivity contribution is -0.138. The molecule has 0 amide bonds. The van der Waals surface area contributed by atoms with Gasteiger partial charge in [0.2, 0.25) is 5.95 Å². The number of nitrogens with one attached hydrogen (secondary N) is 2. The normalized spacial score (nSPS) is 15.5. The van der Waals surface area contributed by atoms with Crippen molar-refractivity contribution in [2.45, 2.75) is 24.2 Å². The number of halogens is 5. The van der Waals surface area contributed by atoms with Gasteiger partial charge in [-0.1, -0.05) is 29.3 Å². The molecular formula is C26H29Cl2F3N6O2S. The number of benzene rings is 2. The monoisotopic (exact) mass is 616 g/mol. The zero-order chi connectivity index (χ0) is 29.3. The molecule has 0 spiro atoms. The first-order valence-corrected chi connectivity index (χ1v) is 14.0. The predicted octanol–water partition coefficient (Wildman–Crippen LogP) is 6.53. The number of aliphatic hydroxyl groups excluding tert-OH is 1. The van der Waals surface area contributed by atoms with E-state index < -0.39 is 11.7 Å². The third-order valence-corrected chi connectivity index (χ3v) is 6.75. The molecule has 1 saturated heterocycles. The Balaban J connectivity index is 0.000000472. The Kier molecular flexibility index (Phi) is 11.7. The lowest BCUT2D eigenvalue weighted by Crippen LogP contribution is -2.45. The highest BCUT2D eigenvalue weighted by Crippen LogP contribution is 2.36. The van der Waals surface area contributed by atoms with Crippen molar-refractivity contribution in [1.82, 2.24) is 9.97 Å². The molecule has 1 fully saturated rings. The van der Waals surface area contributed by atoms with Crippen molar-refractivity contribution in [2.24, 2.45) is 4.99 Å². The maximum absolute atomic E-state index is 13.1. The zero-order valence-electron chi connectivity index (χ0n) is 22.0. The van der Waals surface area contributed by atoms with Gasteiger partial charge < -0.3 is 25.4 Å². The molecule has 4 rings (SSSR count). The van der Waals surface area contributed by atoms with Crippen LogP contribution in [0, 0.1) is 6.92 Å². The van der Waals surface area contributed by atoms with Gasteiger partial charge in [0.25, 0.3) is 0 Å². The van der Waals surface area contributed by atoms with Crippen molar-refractivity contribution in [2.75, 3.05) is 55.1 Å². The van der Waals surface area contributed by atoms with Gasteiger partial charge in [-0.3, -0.25) is 4.99 Å². The van der Waals surface area contributed by atoms with E-state index >= 15 is 0 Å². The molecule has 1 atom stereocenters. The summed E-state index contributed by atoms with van der Waals surface area (Å²) in [7, 11) is 1.61. The Labute approximate surface area is 245 Å². The van der Waals surface area contributed by atoms with Gasteiger partial charge in [-0.25, -0.2) is 4.98 Å². The second-order valence-corrected chi connectivity index (χ2v) is 10.2. The van der Waals surface area contributed by atoms with Crippen LogP contribution >= 0.6 is 35.0 Å². The fourth-order valence-electron chi connectivity index (χ4n) is 3.74. The minimum Gasteiger partial charge on any atom is -0.394 e. The van der Waals surface area contributed by atoms with Crippen molar-refractivity contribution in [3.63, 3.8) is 0 Å². The number of nitrogens with zero attached hydrogens (tertiary/aromatic N) is 4. The molecule has 8 nitrogen and oxygen atoms in total. The number of aliphatic imine (C=N–C) groups is 1. The summed E-state index contributed by atoms with van der Waals surface area (Å²) in [6, 6.07) is 10.9. The molecule has 2 heterocycles. The van der Waals surface area contributed by atoms with E-state index in [1.165, 1.54) is 37.2 Å². The van der Waals surface area contributed by atoms with Gasteiger partial charge in [-0.05, 0) is 55.1 Å². The van der Waals surface area contributed by atoms with Gasteiger partial charge in [-0.2, -0.15) is 18.2 Å². The molecule has 14 heteroatoms. The number of ether oxygens (including phenoxy) is 1. The van der Waals surface area contributed by atoms with Crippen molar-refractivity contribution in [3.8, 4) is 0 Å². The van der Waals surface area contributed by atoms with Gasteiger partial charge in [0, 0.05) is 35.9 Å². The van der Waals surface area contributed by atoms with Gasteiger partial charge in [-0.15, -0.1) is 11.8 Å². The maximum Gasteiger partial charge on any atom is 0.416 e. The highest BCUT2D eigenvalue weighted by molar-refractivity contribution is 7.98. The van der Waals surface area contributed by atoms with Crippen LogP contribution in [0.1, 0.15) is 11.1 Å². The maximum atomic E-state index is 13.1. The van der Waals surface area contributed by atoms with Crippen LogP contribution in [0.3, 0.4) is 0 Å². The molecule has 40 heavy (non-hydrogen) atoms. The molecule has 2 aromatic carbocycles. The average molecular weight is 618 g/mol. The minimum atomic E-state index is -4.42. The zero-order valence-corrected chi connectivity index (χ0v) is 24.3. The van der Waals surface area contributed by atoms with E-state index in [4.69, 9.17) is 27.9 Å². The summed E-state index contributed by atoms with van der Waals surface area (Å²) in [4.78, 5) is 15.1. The molecule has 216 valence electrons. The second-order valence-electron chi connectivity index (χ2n) is 8.50. The Bertz CT molecular complexity index is 1300. The third-order valence-electron chi connectivity index (χ3n) is 5.60. The van der Waals surface area contributed by atoms with E-state index in [0.717, 1.165) is 6.07 Å². The number of rotatable bonds is 7. The number of alkyl halides is 3. The van der Waals surface area contributed by atoms with Crippen LogP contribution in [0.25, 0.3) is 0 Å². The summed E-state index contributed by atoms with van der Waals surface area (Å²) >= 11 is 12.5. The van der Waals surface area contributed by atoms with Crippen LogP contribution in [0.5, 0.6) is 0 Å². The number of anilines is 4. The Morgan fingerprint density at radius 3 is 2.48 bits per heavy atom. The van der Waals surface area contributed by atoms with Crippen molar-refractivity contribution < 1.29 is 23.0 Å². The first-order valence-electron chi connectivity index (χ1n) is 12.0. The molecule has 0 bridgehead atoms. The highest BCUT2D eigenvalue weighted by atomic mass is 35.5. The summed E-state index contributed by atoms with van der Waals surface area (Å²) in [5.74, 6) is 0.826. The number of aryl methyl sites for hydroxylation is 1. The van der Waals surface area contributed by atoms with E-state index in [1.54, 1.807) is 25.2 Å². The molecule has 3 aromatic rings. The first-order chi connectivity index (χ1) is 19.0. The Hall–Kier alpha value is -2.77. The molecule has 0 radical (unpaired) electrons. The number of thioether (sulfide) groups is 1. The van der Waals surface area contributed by atoms with Crippen LogP contribution in [0.4, 0.5) is 36.3 Å².